The van der Waals surface area contributed by atoms with E-state index in [1.807, 2.05) is 55.5 Å². The number of benzene rings is 2. The van der Waals surface area contributed by atoms with Gasteiger partial charge in [0, 0.05) is 15.5 Å². The van der Waals surface area contributed by atoms with Crippen LogP contribution in [0.1, 0.15) is 4.88 Å². The predicted molar refractivity (Wildman–Crippen MR) is 112 cm³/mol. The molecule has 0 atom stereocenters. The molecule has 0 aliphatic heterocycles. The Morgan fingerprint density at radius 3 is 2.67 bits per heavy atom. The molecule has 0 bridgehead atoms. The Bertz CT molecular complexity index is 1190. The molecule has 27 heavy (non-hydrogen) atoms. The number of hydrogen-bond donors (Lipinski definition) is 1. The minimum Gasteiger partial charge on any atom is -0.300 e. The lowest BCUT2D eigenvalue weighted by Gasteiger charge is -2.03. The van der Waals surface area contributed by atoms with Gasteiger partial charge in [-0.25, -0.2) is 4.98 Å². The molecule has 1 N–H and O–H groups in total. The van der Waals surface area contributed by atoms with Gasteiger partial charge >= 0.3 is 4.87 Å². The van der Waals surface area contributed by atoms with Crippen LogP contribution in [0.4, 0.5) is 5.13 Å². The molecule has 4 aromatic rings. The summed E-state index contributed by atoms with van der Waals surface area (Å²) in [5, 5.41) is 3.97. The molecular weight excluding hydrogens is 402 g/mol. The van der Waals surface area contributed by atoms with Gasteiger partial charge < -0.3 is 5.32 Å². The average Bonchev–Trinajstić information content (AvgIpc) is 3.15. The summed E-state index contributed by atoms with van der Waals surface area (Å²) >= 11 is 8.47. The van der Waals surface area contributed by atoms with Crippen molar-refractivity contribution in [2.75, 3.05) is 5.32 Å². The number of thiazole rings is 2. The van der Waals surface area contributed by atoms with Crippen molar-refractivity contribution in [2.24, 2.45) is 0 Å². The fraction of sp³-hybridized carbons (Fsp3) is 0.105. The first-order valence-corrected chi connectivity index (χ1v) is 10.1. The molecule has 1 amide bonds. The number of para-hydroxylation sites is 1. The Hall–Kier alpha value is -2.48. The van der Waals surface area contributed by atoms with Crippen molar-refractivity contribution >= 4 is 55.5 Å². The molecule has 0 unspecified atom stereocenters. The van der Waals surface area contributed by atoms with Gasteiger partial charge in [0.15, 0.2) is 5.13 Å². The van der Waals surface area contributed by atoms with Crippen LogP contribution >= 0.6 is 34.3 Å². The maximum absolute atomic E-state index is 12.5. The van der Waals surface area contributed by atoms with Crippen LogP contribution in [-0.4, -0.2) is 15.5 Å². The summed E-state index contributed by atoms with van der Waals surface area (Å²) in [6.07, 6.45) is 0. The van der Waals surface area contributed by atoms with Crippen LogP contribution in [-0.2, 0) is 11.3 Å². The minimum atomic E-state index is -0.281. The molecule has 4 rings (SSSR count). The Labute approximate surface area is 167 Å². The highest BCUT2D eigenvalue weighted by Crippen LogP contribution is 2.31. The third-order valence-corrected chi connectivity index (χ3v) is 6.13. The van der Waals surface area contributed by atoms with Crippen molar-refractivity contribution in [1.29, 1.82) is 0 Å². The van der Waals surface area contributed by atoms with Crippen molar-refractivity contribution in [2.45, 2.75) is 13.5 Å². The zero-order chi connectivity index (χ0) is 19.0. The van der Waals surface area contributed by atoms with Crippen molar-refractivity contribution in [1.82, 2.24) is 9.55 Å². The summed E-state index contributed by atoms with van der Waals surface area (Å²) in [5.74, 6) is -0.281. The van der Waals surface area contributed by atoms with Crippen molar-refractivity contribution < 1.29 is 4.79 Å². The highest BCUT2D eigenvalue weighted by Gasteiger charge is 2.15. The van der Waals surface area contributed by atoms with Crippen LogP contribution in [0.5, 0.6) is 0 Å². The number of amides is 1. The Morgan fingerprint density at radius 1 is 1.15 bits per heavy atom. The van der Waals surface area contributed by atoms with E-state index in [-0.39, 0.29) is 17.3 Å². The van der Waals surface area contributed by atoms with Crippen molar-refractivity contribution in [3.8, 4) is 11.3 Å². The van der Waals surface area contributed by atoms with Crippen LogP contribution in [0.3, 0.4) is 0 Å². The number of nitrogens with zero attached hydrogens (tertiary/aromatic N) is 2. The summed E-state index contributed by atoms with van der Waals surface area (Å²) in [6.45, 7) is 1.91. The molecule has 2 aromatic heterocycles. The van der Waals surface area contributed by atoms with Gasteiger partial charge in [0.1, 0.15) is 6.54 Å². The second kappa shape index (κ2) is 7.26. The van der Waals surface area contributed by atoms with Crippen molar-refractivity contribution in [3.05, 3.63) is 68.1 Å². The normalized spacial score (nSPS) is 11.0. The smallest absolute Gasteiger partial charge is 0.300 e. The first-order valence-electron chi connectivity index (χ1n) is 8.13. The summed E-state index contributed by atoms with van der Waals surface area (Å²) in [7, 11) is 0. The molecule has 0 aliphatic carbocycles. The van der Waals surface area contributed by atoms with Gasteiger partial charge in [0.2, 0.25) is 5.91 Å². The van der Waals surface area contributed by atoms with E-state index in [1.165, 1.54) is 15.9 Å². The highest BCUT2D eigenvalue weighted by atomic mass is 35.5. The SMILES string of the molecule is Cc1sc(NC(=O)Cn2c(=O)sc3ccccc32)nc1-c1ccc(Cl)cc1. The van der Waals surface area contributed by atoms with E-state index in [2.05, 4.69) is 10.3 Å². The minimum absolute atomic E-state index is 0.0439. The topological polar surface area (TPSA) is 64.0 Å². The monoisotopic (exact) mass is 415 g/mol. The van der Waals surface area contributed by atoms with Crippen LogP contribution in [0.25, 0.3) is 21.5 Å². The largest absolute Gasteiger partial charge is 0.308 e. The zero-order valence-electron chi connectivity index (χ0n) is 14.2. The molecule has 2 aromatic carbocycles. The molecule has 0 aliphatic rings. The van der Waals surface area contributed by atoms with E-state index in [0.717, 1.165) is 37.7 Å². The molecule has 0 saturated heterocycles. The second-order valence-electron chi connectivity index (χ2n) is 5.90. The van der Waals surface area contributed by atoms with Gasteiger partial charge in [-0.2, -0.15) is 0 Å². The first-order chi connectivity index (χ1) is 13.0. The molecular formula is C19H14ClN3O2S2. The molecule has 8 heteroatoms. The highest BCUT2D eigenvalue weighted by molar-refractivity contribution is 7.16. The summed E-state index contributed by atoms with van der Waals surface area (Å²) in [6, 6.07) is 14.8. The van der Waals surface area contributed by atoms with E-state index >= 15 is 0 Å². The van der Waals surface area contributed by atoms with Gasteiger partial charge in [0.05, 0.1) is 15.9 Å². The molecule has 5 nitrogen and oxygen atoms in total. The number of carbonyl (C=O) groups excluding carboxylic acids is 1. The van der Waals surface area contributed by atoms with E-state index in [9.17, 15) is 9.59 Å². The molecule has 136 valence electrons. The molecule has 0 spiro atoms. The van der Waals surface area contributed by atoms with E-state index in [0.29, 0.717) is 10.2 Å². The number of carbonyl (C=O) groups is 1. The van der Waals surface area contributed by atoms with Crippen LogP contribution in [0.15, 0.2) is 53.3 Å². The van der Waals surface area contributed by atoms with Crippen LogP contribution in [0, 0.1) is 6.92 Å². The fourth-order valence-electron chi connectivity index (χ4n) is 2.79. The Balaban J connectivity index is 1.55. The van der Waals surface area contributed by atoms with Crippen LogP contribution in [0.2, 0.25) is 5.02 Å². The maximum atomic E-state index is 12.5. The summed E-state index contributed by atoms with van der Waals surface area (Å²) < 4.78 is 2.35. The number of nitrogens with one attached hydrogen (secondary N) is 1. The number of aromatic nitrogens is 2. The maximum Gasteiger partial charge on any atom is 0.308 e. The van der Waals surface area contributed by atoms with Gasteiger partial charge in [-0.1, -0.05) is 47.2 Å². The van der Waals surface area contributed by atoms with E-state index in [1.54, 1.807) is 0 Å². The van der Waals surface area contributed by atoms with E-state index in [4.69, 9.17) is 11.6 Å². The van der Waals surface area contributed by atoms with Gasteiger partial charge in [0.25, 0.3) is 0 Å². The number of fused-ring (bicyclic) bond motifs is 1. The summed E-state index contributed by atoms with van der Waals surface area (Å²) in [4.78, 5) is 30.0. The fourth-order valence-corrected chi connectivity index (χ4v) is 4.66. The number of hydrogen-bond acceptors (Lipinski definition) is 5. The van der Waals surface area contributed by atoms with Crippen molar-refractivity contribution in [3.63, 3.8) is 0 Å². The molecule has 0 fully saturated rings. The number of rotatable bonds is 4. The lowest BCUT2D eigenvalue weighted by Crippen LogP contribution is -2.24. The average molecular weight is 416 g/mol. The third kappa shape index (κ3) is 3.66. The summed E-state index contributed by atoms with van der Waals surface area (Å²) in [5.41, 5.74) is 2.51. The quantitative estimate of drug-likeness (QED) is 0.521. The predicted octanol–water partition coefficient (Wildman–Crippen LogP) is 4.79. The molecule has 0 saturated carbocycles. The Kier molecular flexibility index (Phi) is 4.82. The second-order valence-corrected chi connectivity index (χ2v) is 8.53. The zero-order valence-corrected chi connectivity index (χ0v) is 16.6. The lowest BCUT2D eigenvalue weighted by molar-refractivity contribution is -0.116. The lowest BCUT2D eigenvalue weighted by atomic mass is 10.1. The standard InChI is InChI=1S/C19H14ClN3O2S2/c1-11-17(12-6-8-13(20)9-7-12)22-18(26-11)21-16(24)10-23-14-4-2-3-5-15(14)27-19(23)25/h2-9H,10H2,1H3,(H,21,22,24). The van der Waals surface area contributed by atoms with E-state index < -0.39 is 0 Å². The molecule has 0 radical (unpaired) electrons. The number of aryl methyl sites for hydroxylation is 1. The van der Waals surface area contributed by atoms with Crippen LogP contribution < -0.4 is 10.2 Å². The molecule has 2 heterocycles. The first kappa shape index (κ1) is 17.9. The Morgan fingerprint density at radius 2 is 1.89 bits per heavy atom. The van der Waals surface area contributed by atoms with Gasteiger partial charge in [-0.15, -0.1) is 11.3 Å². The number of anilines is 1. The third-order valence-electron chi connectivity index (χ3n) is 4.04. The number of halogens is 1. The van der Waals surface area contributed by atoms with Gasteiger partial charge in [-0.05, 0) is 31.2 Å². The van der Waals surface area contributed by atoms with Gasteiger partial charge in [-0.3, -0.25) is 14.2 Å².